The number of benzene rings is 1. The zero-order chi connectivity index (χ0) is 12.8. The van der Waals surface area contributed by atoms with Gasteiger partial charge < -0.3 is 14.6 Å². The summed E-state index contributed by atoms with van der Waals surface area (Å²) < 4.78 is 11.3. The molecule has 0 unspecified atom stereocenters. The summed E-state index contributed by atoms with van der Waals surface area (Å²) in [5.41, 5.74) is 0.145. The van der Waals surface area contributed by atoms with Crippen molar-refractivity contribution in [3.8, 4) is 11.5 Å². The number of rotatable bonds is 6. The first-order valence-electron chi connectivity index (χ1n) is 5.03. The van der Waals surface area contributed by atoms with E-state index in [0.29, 0.717) is 29.2 Å². The highest BCUT2D eigenvalue weighted by Crippen LogP contribution is 2.36. The highest BCUT2D eigenvalue weighted by molar-refractivity contribution is 9.10. The minimum Gasteiger partial charge on any atom is -0.490 e. The lowest BCUT2D eigenvalue weighted by Gasteiger charge is -2.13. The van der Waals surface area contributed by atoms with Crippen LogP contribution in [0.2, 0.25) is 0 Å². The van der Waals surface area contributed by atoms with Crippen molar-refractivity contribution >= 4 is 21.9 Å². The Morgan fingerprint density at radius 2 is 2.24 bits per heavy atom. The largest absolute Gasteiger partial charge is 0.490 e. The van der Waals surface area contributed by atoms with Gasteiger partial charge in [0, 0.05) is 0 Å². The predicted octanol–water partition coefficient (Wildman–Crippen LogP) is 3.11. The summed E-state index contributed by atoms with van der Waals surface area (Å²) in [5.74, 6) is -0.125. The molecule has 0 aromatic heterocycles. The van der Waals surface area contributed by atoms with Crippen molar-refractivity contribution in [3.05, 3.63) is 34.8 Å². The lowest BCUT2D eigenvalue weighted by molar-refractivity contribution is 0.0696. The van der Waals surface area contributed by atoms with Gasteiger partial charge in [0.2, 0.25) is 0 Å². The standard InChI is InChI=1S/C12H13BrO4/c1-3-5-17-11-9(13)6-8(12(14)15)7-10(11)16-4-2/h3,6-7H,1,4-5H2,2H3,(H,14,15). The second-order valence-corrected chi connectivity index (χ2v) is 3.98. The number of carboxylic acids is 1. The molecule has 0 amide bonds. The van der Waals surface area contributed by atoms with Crippen LogP contribution >= 0.6 is 15.9 Å². The van der Waals surface area contributed by atoms with Crippen LogP contribution in [0.5, 0.6) is 11.5 Å². The molecule has 0 aliphatic rings. The van der Waals surface area contributed by atoms with Gasteiger partial charge in [-0.3, -0.25) is 0 Å². The first-order valence-corrected chi connectivity index (χ1v) is 5.82. The van der Waals surface area contributed by atoms with Crippen molar-refractivity contribution in [1.82, 2.24) is 0 Å². The molecule has 1 aromatic rings. The summed E-state index contributed by atoms with van der Waals surface area (Å²) in [7, 11) is 0. The number of hydrogen-bond donors (Lipinski definition) is 1. The summed E-state index contributed by atoms with van der Waals surface area (Å²) in [6.45, 7) is 6.12. The Kier molecular flexibility index (Phi) is 5.03. The van der Waals surface area contributed by atoms with Gasteiger partial charge in [-0.05, 0) is 35.0 Å². The molecule has 0 radical (unpaired) electrons. The topological polar surface area (TPSA) is 55.8 Å². The molecule has 1 aromatic carbocycles. The fraction of sp³-hybridized carbons (Fsp3) is 0.250. The molecule has 0 fully saturated rings. The van der Waals surface area contributed by atoms with Gasteiger partial charge in [0.25, 0.3) is 0 Å². The molecule has 0 saturated heterocycles. The third-order valence-electron chi connectivity index (χ3n) is 1.90. The molecular weight excluding hydrogens is 288 g/mol. The van der Waals surface area contributed by atoms with Crippen molar-refractivity contribution in [2.75, 3.05) is 13.2 Å². The van der Waals surface area contributed by atoms with E-state index in [1.807, 2.05) is 6.92 Å². The van der Waals surface area contributed by atoms with Gasteiger partial charge in [0.05, 0.1) is 16.6 Å². The molecule has 0 heterocycles. The van der Waals surface area contributed by atoms with Gasteiger partial charge >= 0.3 is 5.97 Å². The minimum absolute atomic E-state index is 0.145. The summed E-state index contributed by atoms with van der Waals surface area (Å²) in [6, 6.07) is 2.91. The number of halogens is 1. The van der Waals surface area contributed by atoms with Crippen LogP contribution in [0.25, 0.3) is 0 Å². The molecule has 0 spiro atoms. The number of ether oxygens (including phenoxy) is 2. The Labute approximate surface area is 108 Å². The van der Waals surface area contributed by atoms with E-state index in [1.165, 1.54) is 12.1 Å². The van der Waals surface area contributed by atoms with E-state index in [9.17, 15) is 4.79 Å². The summed E-state index contributed by atoms with van der Waals surface area (Å²) >= 11 is 3.26. The van der Waals surface area contributed by atoms with Crippen molar-refractivity contribution in [2.24, 2.45) is 0 Å². The van der Waals surface area contributed by atoms with Gasteiger partial charge in [-0.25, -0.2) is 4.79 Å². The van der Waals surface area contributed by atoms with Crippen molar-refractivity contribution in [3.63, 3.8) is 0 Å². The number of hydrogen-bond acceptors (Lipinski definition) is 3. The average Bonchev–Trinajstić information content (AvgIpc) is 2.28. The Bertz CT molecular complexity index is 429. The summed E-state index contributed by atoms with van der Waals surface area (Å²) in [5, 5.41) is 8.94. The number of aromatic carboxylic acids is 1. The maximum atomic E-state index is 10.9. The summed E-state index contributed by atoms with van der Waals surface area (Å²) in [4.78, 5) is 10.9. The molecular formula is C12H13BrO4. The smallest absolute Gasteiger partial charge is 0.335 e. The van der Waals surface area contributed by atoms with Crippen LogP contribution in [-0.2, 0) is 0 Å². The molecule has 0 saturated carbocycles. The number of carbonyl (C=O) groups is 1. The molecule has 0 atom stereocenters. The maximum absolute atomic E-state index is 10.9. The van der Waals surface area contributed by atoms with Crippen molar-refractivity contribution < 1.29 is 19.4 Å². The molecule has 5 heteroatoms. The van der Waals surface area contributed by atoms with Gasteiger partial charge in [-0.15, -0.1) is 0 Å². The first kappa shape index (κ1) is 13.6. The Morgan fingerprint density at radius 1 is 1.53 bits per heavy atom. The maximum Gasteiger partial charge on any atom is 0.335 e. The molecule has 17 heavy (non-hydrogen) atoms. The SMILES string of the molecule is C=CCOc1c(Br)cc(C(=O)O)cc1OCC. The van der Waals surface area contributed by atoms with Gasteiger partial charge in [0.15, 0.2) is 11.5 Å². The van der Waals surface area contributed by atoms with Gasteiger partial charge in [-0.2, -0.15) is 0 Å². The Morgan fingerprint density at radius 3 is 2.76 bits per heavy atom. The van der Waals surface area contributed by atoms with Crippen LogP contribution in [0.4, 0.5) is 0 Å². The van der Waals surface area contributed by atoms with Gasteiger partial charge in [0.1, 0.15) is 6.61 Å². The lowest BCUT2D eigenvalue weighted by Crippen LogP contribution is -2.03. The van der Waals surface area contributed by atoms with E-state index in [1.54, 1.807) is 6.08 Å². The predicted molar refractivity (Wildman–Crippen MR) is 68.0 cm³/mol. The zero-order valence-corrected chi connectivity index (χ0v) is 11.0. The molecule has 1 rings (SSSR count). The highest BCUT2D eigenvalue weighted by Gasteiger charge is 2.14. The van der Waals surface area contributed by atoms with E-state index in [0.717, 1.165) is 0 Å². The van der Waals surface area contributed by atoms with E-state index in [2.05, 4.69) is 22.5 Å². The number of carboxylic acid groups (broad SMARTS) is 1. The van der Waals surface area contributed by atoms with Crippen molar-refractivity contribution in [2.45, 2.75) is 6.92 Å². The van der Waals surface area contributed by atoms with E-state index >= 15 is 0 Å². The molecule has 92 valence electrons. The van der Waals surface area contributed by atoms with Crippen LogP contribution in [0.1, 0.15) is 17.3 Å². The monoisotopic (exact) mass is 300 g/mol. The molecule has 4 nitrogen and oxygen atoms in total. The second kappa shape index (κ2) is 6.30. The molecule has 1 N–H and O–H groups in total. The van der Waals surface area contributed by atoms with Crippen LogP contribution in [0, 0.1) is 0 Å². The third-order valence-corrected chi connectivity index (χ3v) is 2.49. The highest BCUT2D eigenvalue weighted by atomic mass is 79.9. The van der Waals surface area contributed by atoms with Crippen molar-refractivity contribution in [1.29, 1.82) is 0 Å². The van der Waals surface area contributed by atoms with Gasteiger partial charge in [-0.1, -0.05) is 12.7 Å². The Hall–Kier alpha value is -1.49. The fourth-order valence-corrected chi connectivity index (χ4v) is 1.79. The quantitative estimate of drug-likeness (QED) is 0.820. The minimum atomic E-state index is -1.01. The molecule has 0 aliphatic heterocycles. The van der Waals surface area contributed by atoms with Crippen LogP contribution in [-0.4, -0.2) is 24.3 Å². The molecule has 0 bridgehead atoms. The average molecular weight is 301 g/mol. The zero-order valence-electron chi connectivity index (χ0n) is 9.40. The van der Waals surface area contributed by atoms with E-state index in [-0.39, 0.29) is 5.56 Å². The third kappa shape index (κ3) is 3.49. The Balaban J connectivity index is 3.17. The van der Waals surface area contributed by atoms with E-state index < -0.39 is 5.97 Å². The summed E-state index contributed by atoms with van der Waals surface area (Å²) in [6.07, 6.45) is 1.60. The normalized spacial score (nSPS) is 9.76. The second-order valence-electron chi connectivity index (χ2n) is 3.12. The molecule has 0 aliphatic carbocycles. The van der Waals surface area contributed by atoms with Crippen LogP contribution in [0.15, 0.2) is 29.3 Å². The lowest BCUT2D eigenvalue weighted by atomic mass is 10.2. The van der Waals surface area contributed by atoms with Crippen LogP contribution < -0.4 is 9.47 Å². The van der Waals surface area contributed by atoms with E-state index in [4.69, 9.17) is 14.6 Å². The first-order chi connectivity index (χ1) is 8.10. The van der Waals surface area contributed by atoms with Crippen LogP contribution in [0.3, 0.4) is 0 Å². The fourth-order valence-electron chi connectivity index (χ4n) is 1.24.